The Hall–Kier alpha value is -3.20. The van der Waals surface area contributed by atoms with Crippen LogP contribution in [0.25, 0.3) is 84.8 Å². The Bertz CT molecular complexity index is 2610. The summed E-state index contributed by atoms with van der Waals surface area (Å²) in [6.07, 6.45) is 0. The predicted molar refractivity (Wildman–Crippen MR) is 248 cm³/mol. The molecule has 0 amide bonds. The predicted octanol–water partition coefficient (Wildman–Crippen LogP) is 17.1. The van der Waals surface area contributed by atoms with Crippen LogP contribution in [0.1, 0.15) is 157 Å². The molecule has 0 aliphatic carbocycles. The number of hydrogen-bond donors (Lipinski definition) is 0. The first kappa shape index (κ1) is 36.4. The molecule has 9 rings (SSSR count). The van der Waals surface area contributed by atoms with E-state index in [0.29, 0.717) is 0 Å². The fourth-order valence-corrected chi connectivity index (χ4v) is 12.3. The minimum atomic E-state index is -0.0423. The second-order valence-electron chi connectivity index (χ2n) is 23.1. The van der Waals surface area contributed by atoms with Gasteiger partial charge in [-0.2, -0.15) is 0 Å². The van der Waals surface area contributed by atoms with Crippen molar-refractivity contribution in [3.8, 4) is 0 Å². The van der Waals surface area contributed by atoms with Crippen molar-refractivity contribution in [2.24, 2.45) is 0 Å². The molecule has 0 aliphatic heterocycles. The second kappa shape index (κ2) is 10.4. The Morgan fingerprint density at radius 3 is 0.778 bits per heavy atom. The van der Waals surface area contributed by atoms with Gasteiger partial charge >= 0.3 is 0 Å². The molecule has 9 aromatic rings. The topological polar surface area (TPSA) is 0 Å². The Morgan fingerprint density at radius 1 is 0.259 bits per heavy atom. The number of fused-ring (bicyclic) bond motifs is 6. The van der Waals surface area contributed by atoms with Gasteiger partial charge < -0.3 is 0 Å². The molecule has 54 heavy (non-hydrogen) atoms. The van der Waals surface area contributed by atoms with Crippen molar-refractivity contribution in [3.63, 3.8) is 0 Å². The molecule has 0 bridgehead atoms. The molecule has 0 N–H and O–H groups in total. The van der Waals surface area contributed by atoms with E-state index in [1.54, 1.807) is 0 Å². The van der Waals surface area contributed by atoms with E-state index in [9.17, 15) is 0 Å². The summed E-state index contributed by atoms with van der Waals surface area (Å²) >= 11 is 4.09. The van der Waals surface area contributed by atoms with Gasteiger partial charge in [-0.3, -0.25) is 0 Å². The van der Waals surface area contributed by atoms with E-state index in [0.717, 1.165) is 0 Å². The van der Waals surface area contributed by atoms with E-state index in [1.807, 2.05) is 22.7 Å². The van der Waals surface area contributed by atoms with E-state index in [1.165, 1.54) is 117 Å². The summed E-state index contributed by atoms with van der Waals surface area (Å²) in [6, 6.07) is 15.8. The molecule has 2 aromatic heterocycles. The summed E-state index contributed by atoms with van der Waals surface area (Å²) in [7, 11) is 0. The van der Waals surface area contributed by atoms with Crippen molar-refractivity contribution in [2.45, 2.75) is 157 Å². The third kappa shape index (κ3) is 4.78. The molecule has 0 aliphatic rings. The molecule has 0 fully saturated rings. The molecule has 0 atom stereocenters. The van der Waals surface area contributed by atoms with Crippen LogP contribution in [0.3, 0.4) is 0 Å². The molecular weight excluding hydrogens is 689 g/mol. The van der Waals surface area contributed by atoms with Gasteiger partial charge in [-0.15, -0.1) is 22.7 Å². The molecule has 0 saturated heterocycles. The smallest absolute Gasteiger partial charge is 0.0431 e. The fourth-order valence-electron chi connectivity index (χ4n) is 9.78. The number of benzene rings is 7. The largest absolute Gasteiger partial charge is 0.139 e. The Kier molecular flexibility index (Phi) is 7.02. The lowest BCUT2D eigenvalue weighted by Crippen LogP contribution is -2.19. The first-order chi connectivity index (χ1) is 24.6. The van der Waals surface area contributed by atoms with Gasteiger partial charge in [-0.1, -0.05) is 125 Å². The number of hydrogen-bond acceptors (Lipinski definition) is 2. The highest BCUT2D eigenvalue weighted by molar-refractivity contribution is 7.21. The standard InChI is InChI=1S/C52H60S2/c1-47(2,3)31-19-25-27-23-35(51(13,14)15)53-45(27)30-22-34(50(10,11)12)42-32(48(4,5)6)20-26-28-24-36(52(16,17)18)54-46(28)29-21-33(49(7,8)9)41(31)43-37(25)40(30)44(42)38(26)39(29)43/h19-24H,1-18H3. The number of rotatable bonds is 0. The van der Waals surface area contributed by atoms with Crippen LogP contribution in [0.2, 0.25) is 0 Å². The SMILES string of the molecule is CC(C)(C)c1cc2c3cc(C(C)(C)C)c4c(C(C)(C)C)cc5c6sc(C(C)(C)C)cc6c6cc(C(C)(C)C)c7c(C(C)(C)C)cc(c2s1)c1c7c6c5c4c31. The average Bonchev–Trinajstić information content (AvgIpc) is 3.67. The first-order valence-corrected chi connectivity index (χ1v) is 21.9. The summed E-state index contributed by atoms with van der Waals surface area (Å²) in [6.45, 7) is 43.6. The highest BCUT2D eigenvalue weighted by Crippen LogP contribution is 2.59. The second-order valence-corrected chi connectivity index (χ2v) is 25.2. The van der Waals surface area contributed by atoms with Crippen molar-refractivity contribution in [3.05, 3.63) is 68.4 Å². The van der Waals surface area contributed by atoms with Crippen molar-refractivity contribution >= 4 is 107 Å². The van der Waals surface area contributed by atoms with E-state index in [-0.39, 0.29) is 32.5 Å². The van der Waals surface area contributed by atoms with Gasteiger partial charge in [-0.05, 0) is 134 Å². The van der Waals surface area contributed by atoms with Crippen LogP contribution in [0.15, 0.2) is 36.4 Å². The van der Waals surface area contributed by atoms with Crippen molar-refractivity contribution in [1.82, 2.24) is 0 Å². The van der Waals surface area contributed by atoms with Crippen molar-refractivity contribution in [2.75, 3.05) is 0 Å². The molecule has 0 spiro atoms. The van der Waals surface area contributed by atoms with E-state index >= 15 is 0 Å². The molecule has 0 saturated carbocycles. The summed E-state index contributed by atoms with van der Waals surface area (Å²) in [5, 5.41) is 20.6. The lowest BCUT2D eigenvalue weighted by atomic mass is 9.69. The third-order valence-electron chi connectivity index (χ3n) is 12.6. The summed E-state index contributed by atoms with van der Waals surface area (Å²) in [5.74, 6) is 0. The normalized spacial score (nSPS) is 14.9. The monoisotopic (exact) mass is 748 g/mol. The quantitative estimate of drug-likeness (QED) is 0.107. The van der Waals surface area contributed by atoms with Gasteiger partial charge in [0.05, 0.1) is 0 Å². The Labute approximate surface area is 331 Å². The van der Waals surface area contributed by atoms with Crippen molar-refractivity contribution in [1.29, 1.82) is 0 Å². The molecule has 7 aromatic carbocycles. The molecule has 0 unspecified atom stereocenters. The van der Waals surface area contributed by atoms with E-state index in [4.69, 9.17) is 0 Å². The minimum Gasteiger partial charge on any atom is -0.139 e. The highest BCUT2D eigenvalue weighted by Gasteiger charge is 2.36. The molecule has 2 heteroatoms. The van der Waals surface area contributed by atoms with Gasteiger partial charge in [0.25, 0.3) is 0 Å². The van der Waals surface area contributed by atoms with Gasteiger partial charge in [-0.25, -0.2) is 0 Å². The van der Waals surface area contributed by atoms with Crippen LogP contribution in [-0.2, 0) is 32.5 Å². The maximum Gasteiger partial charge on any atom is 0.0431 e. The Morgan fingerprint density at radius 2 is 0.519 bits per heavy atom. The van der Waals surface area contributed by atoms with Crippen LogP contribution in [0.5, 0.6) is 0 Å². The zero-order valence-corrected chi connectivity index (χ0v) is 37.9. The molecule has 280 valence electrons. The average molecular weight is 749 g/mol. The molecule has 0 nitrogen and oxygen atoms in total. The summed E-state index contributed by atoms with van der Waals surface area (Å²) in [4.78, 5) is 2.94. The zero-order chi connectivity index (χ0) is 39.4. The molecule has 2 heterocycles. The zero-order valence-electron chi connectivity index (χ0n) is 36.3. The number of thiophene rings is 2. The van der Waals surface area contributed by atoms with Gasteiger partial charge in [0.1, 0.15) is 0 Å². The van der Waals surface area contributed by atoms with Gasteiger partial charge in [0, 0.05) is 51.5 Å². The van der Waals surface area contributed by atoms with Crippen LogP contribution in [0, 0.1) is 0 Å². The van der Waals surface area contributed by atoms with Gasteiger partial charge in [0.15, 0.2) is 0 Å². The van der Waals surface area contributed by atoms with Crippen LogP contribution < -0.4 is 0 Å². The third-order valence-corrected chi connectivity index (χ3v) is 15.7. The lowest BCUT2D eigenvalue weighted by molar-refractivity contribution is 0.581. The highest BCUT2D eigenvalue weighted by atomic mass is 32.1. The lowest BCUT2D eigenvalue weighted by Gasteiger charge is -2.34. The van der Waals surface area contributed by atoms with Crippen LogP contribution >= 0.6 is 22.7 Å². The van der Waals surface area contributed by atoms with Crippen LogP contribution in [0.4, 0.5) is 0 Å². The van der Waals surface area contributed by atoms with Crippen LogP contribution in [-0.4, -0.2) is 0 Å². The maximum absolute atomic E-state index is 2.66. The van der Waals surface area contributed by atoms with E-state index in [2.05, 4.69) is 161 Å². The minimum absolute atomic E-state index is 0.0416. The summed E-state index contributed by atoms with van der Waals surface area (Å²) in [5.41, 5.74) is 5.88. The van der Waals surface area contributed by atoms with Gasteiger partial charge in [0.2, 0.25) is 0 Å². The maximum atomic E-state index is 2.66. The van der Waals surface area contributed by atoms with E-state index < -0.39 is 0 Å². The Balaban J connectivity index is 1.78. The summed E-state index contributed by atoms with van der Waals surface area (Å²) < 4.78 is 2.92. The fraction of sp³-hybridized carbons (Fsp3) is 0.462. The molecule has 0 radical (unpaired) electrons. The van der Waals surface area contributed by atoms with Crippen molar-refractivity contribution < 1.29 is 0 Å². The first-order valence-electron chi connectivity index (χ1n) is 20.3. The molecular formula is C52H60S2.